The van der Waals surface area contributed by atoms with Gasteiger partial charge in [-0.3, -0.25) is 9.89 Å². The van der Waals surface area contributed by atoms with E-state index in [1.807, 2.05) is 0 Å². The van der Waals surface area contributed by atoms with Gasteiger partial charge in [-0.2, -0.15) is 5.10 Å². The van der Waals surface area contributed by atoms with Crippen LogP contribution in [0.2, 0.25) is 0 Å². The van der Waals surface area contributed by atoms with E-state index in [1.165, 1.54) is 0 Å². The van der Waals surface area contributed by atoms with E-state index in [-0.39, 0.29) is 5.91 Å². The highest BCUT2D eigenvalue weighted by molar-refractivity contribution is 5.92. The predicted octanol–water partition coefficient (Wildman–Crippen LogP) is 0.905. The third-order valence-corrected chi connectivity index (χ3v) is 2.57. The summed E-state index contributed by atoms with van der Waals surface area (Å²) in [7, 11) is 0. The van der Waals surface area contributed by atoms with Crippen LogP contribution in [0.25, 0.3) is 0 Å². The molecule has 5 heteroatoms. The Morgan fingerprint density at radius 2 is 2.44 bits per heavy atom. The molecule has 0 fully saturated rings. The van der Waals surface area contributed by atoms with Crippen molar-refractivity contribution in [2.45, 2.75) is 26.2 Å². The van der Waals surface area contributed by atoms with Crippen LogP contribution < -0.4 is 11.1 Å². The Morgan fingerprint density at radius 3 is 3.00 bits per heavy atom. The Balaban J connectivity index is 2.34. The van der Waals surface area contributed by atoms with E-state index in [2.05, 4.69) is 22.4 Å². The molecule has 0 saturated carbocycles. The minimum Gasteiger partial charge on any atom is -0.350 e. The van der Waals surface area contributed by atoms with Gasteiger partial charge in [-0.1, -0.05) is 13.3 Å². The van der Waals surface area contributed by atoms with Crippen LogP contribution in [0.3, 0.4) is 0 Å². The van der Waals surface area contributed by atoms with E-state index in [0.29, 0.717) is 24.7 Å². The molecule has 1 aromatic heterocycles. The molecule has 0 radical (unpaired) electrons. The Morgan fingerprint density at radius 1 is 1.62 bits per heavy atom. The van der Waals surface area contributed by atoms with Crippen LogP contribution in [0.5, 0.6) is 0 Å². The standard InChI is InChI=1S/C11H20N4O/c1-2-3-9(4-6-12)8-13-11(16)10-5-7-14-15-10/h5,7,9H,2-4,6,8,12H2,1H3,(H,13,16)(H,14,15). The summed E-state index contributed by atoms with van der Waals surface area (Å²) in [5.74, 6) is 0.373. The fourth-order valence-corrected chi connectivity index (χ4v) is 1.71. The second-order valence-electron chi connectivity index (χ2n) is 3.91. The fraction of sp³-hybridized carbons (Fsp3) is 0.636. The molecule has 5 nitrogen and oxygen atoms in total. The van der Waals surface area contributed by atoms with Gasteiger partial charge in [0.25, 0.3) is 5.91 Å². The van der Waals surface area contributed by atoms with Gasteiger partial charge >= 0.3 is 0 Å². The summed E-state index contributed by atoms with van der Waals surface area (Å²) in [6.07, 6.45) is 4.74. The maximum atomic E-state index is 11.6. The molecule has 1 atom stereocenters. The van der Waals surface area contributed by atoms with E-state index in [0.717, 1.165) is 19.3 Å². The molecule has 0 aliphatic carbocycles. The first-order chi connectivity index (χ1) is 7.77. The number of hydrogen-bond donors (Lipinski definition) is 3. The zero-order chi connectivity index (χ0) is 11.8. The lowest BCUT2D eigenvalue weighted by atomic mass is 10.00. The summed E-state index contributed by atoms with van der Waals surface area (Å²) in [4.78, 5) is 11.6. The van der Waals surface area contributed by atoms with Gasteiger partial charge in [0.1, 0.15) is 5.69 Å². The zero-order valence-corrected chi connectivity index (χ0v) is 9.70. The van der Waals surface area contributed by atoms with Crippen LogP contribution in [0.15, 0.2) is 12.3 Å². The average molecular weight is 224 g/mol. The molecular weight excluding hydrogens is 204 g/mol. The van der Waals surface area contributed by atoms with E-state index >= 15 is 0 Å². The number of carbonyl (C=O) groups is 1. The lowest BCUT2D eigenvalue weighted by molar-refractivity contribution is 0.0940. The Hall–Kier alpha value is -1.36. The first kappa shape index (κ1) is 12.7. The first-order valence-corrected chi connectivity index (χ1v) is 5.75. The second-order valence-corrected chi connectivity index (χ2v) is 3.91. The smallest absolute Gasteiger partial charge is 0.269 e. The van der Waals surface area contributed by atoms with Crippen LogP contribution in [-0.2, 0) is 0 Å². The summed E-state index contributed by atoms with van der Waals surface area (Å²) in [6.45, 7) is 3.49. The maximum Gasteiger partial charge on any atom is 0.269 e. The molecule has 0 spiro atoms. The van der Waals surface area contributed by atoms with E-state index in [9.17, 15) is 4.79 Å². The van der Waals surface area contributed by atoms with Gasteiger partial charge in [-0.05, 0) is 31.4 Å². The molecule has 1 heterocycles. The molecule has 4 N–H and O–H groups in total. The molecule has 1 unspecified atom stereocenters. The van der Waals surface area contributed by atoms with Crippen molar-refractivity contribution in [1.29, 1.82) is 0 Å². The van der Waals surface area contributed by atoms with Crippen molar-refractivity contribution >= 4 is 5.91 Å². The highest BCUT2D eigenvalue weighted by Gasteiger charge is 2.10. The van der Waals surface area contributed by atoms with Crippen molar-refractivity contribution in [3.05, 3.63) is 18.0 Å². The number of nitrogens with two attached hydrogens (primary N) is 1. The molecule has 90 valence electrons. The van der Waals surface area contributed by atoms with Gasteiger partial charge in [0.15, 0.2) is 0 Å². The number of aromatic nitrogens is 2. The third kappa shape index (κ3) is 4.02. The number of carbonyl (C=O) groups excluding carboxylic acids is 1. The Bertz CT molecular complexity index is 291. The van der Waals surface area contributed by atoms with Crippen LogP contribution in [-0.4, -0.2) is 29.2 Å². The number of H-pyrrole nitrogens is 1. The second kappa shape index (κ2) is 7.00. The van der Waals surface area contributed by atoms with Gasteiger partial charge in [0, 0.05) is 12.7 Å². The molecule has 1 rings (SSSR count). The molecule has 1 aromatic rings. The molecule has 0 bridgehead atoms. The minimum atomic E-state index is -0.101. The van der Waals surface area contributed by atoms with Crippen LogP contribution in [0.1, 0.15) is 36.7 Å². The van der Waals surface area contributed by atoms with Gasteiger partial charge in [-0.15, -0.1) is 0 Å². The quantitative estimate of drug-likeness (QED) is 0.643. The third-order valence-electron chi connectivity index (χ3n) is 2.57. The monoisotopic (exact) mass is 224 g/mol. The lowest BCUT2D eigenvalue weighted by Gasteiger charge is -2.15. The number of rotatable bonds is 7. The summed E-state index contributed by atoms with van der Waals surface area (Å²) in [5, 5.41) is 9.26. The number of hydrogen-bond acceptors (Lipinski definition) is 3. The minimum absolute atomic E-state index is 0.101. The molecule has 0 saturated heterocycles. The van der Waals surface area contributed by atoms with Gasteiger partial charge in [0.2, 0.25) is 0 Å². The largest absolute Gasteiger partial charge is 0.350 e. The van der Waals surface area contributed by atoms with Crippen molar-refractivity contribution in [3.8, 4) is 0 Å². The lowest BCUT2D eigenvalue weighted by Crippen LogP contribution is -2.30. The van der Waals surface area contributed by atoms with Gasteiger partial charge in [0.05, 0.1) is 0 Å². The highest BCUT2D eigenvalue weighted by Crippen LogP contribution is 2.09. The molecule has 0 aromatic carbocycles. The predicted molar refractivity (Wildman–Crippen MR) is 63.0 cm³/mol. The molecule has 0 aliphatic heterocycles. The van der Waals surface area contributed by atoms with E-state index < -0.39 is 0 Å². The number of nitrogens with one attached hydrogen (secondary N) is 2. The highest BCUT2D eigenvalue weighted by atomic mass is 16.1. The van der Waals surface area contributed by atoms with Crippen LogP contribution >= 0.6 is 0 Å². The fourth-order valence-electron chi connectivity index (χ4n) is 1.71. The van der Waals surface area contributed by atoms with Crippen molar-refractivity contribution in [1.82, 2.24) is 15.5 Å². The summed E-state index contributed by atoms with van der Waals surface area (Å²) >= 11 is 0. The molecule has 16 heavy (non-hydrogen) atoms. The number of aromatic amines is 1. The Labute approximate surface area is 95.8 Å². The van der Waals surface area contributed by atoms with Gasteiger partial charge in [-0.25, -0.2) is 0 Å². The summed E-state index contributed by atoms with van der Waals surface area (Å²) in [6, 6.07) is 1.66. The van der Waals surface area contributed by atoms with Crippen molar-refractivity contribution in [2.75, 3.05) is 13.1 Å². The van der Waals surface area contributed by atoms with E-state index in [1.54, 1.807) is 12.3 Å². The molecule has 0 aliphatic rings. The van der Waals surface area contributed by atoms with Crippen molar-refractivity contribution in [3.63, 3.8) is 0 Å². The van der Waals surface area contributed by atoms with Gasteiger partial charge < -0.3 is 11.1 Å². The Kier molecular flexibility index (Phi) is 5.56. The zero-order valence-electron chi connectivity index (χ0n) is 9.70. The summed E-state index contributed by atoms with van der Waals surface area (Å²) in [5.41, 5.74) is 6.03. The van der Waals surface area contributed by atoms with Crippen molar-refractivity contribution in [2.24, 2.45) is 11.7 Å². The molecular formula is C11H20N4O. The van der Waals surface area contributed by atoms with E-state index in [4.69, 9.17) is 5.73 Å². The van der Waals surface area contributed by atoms with Crippen molar-refractivity contribution < 1.29 is 4.79 Å². The topological polar surface area (TPSA) is 83.8 Å². The maximum absolute atomic E-state index is 11.6. The van der Waals surface area contributed by atoms with Crippen LogP contribution in [0, 0.1) is 5.92 Å². The normalized spacial score (nSPS) is 12.4. The SMILES string of the molecule is CCCC(CCN)CNC(=O)c1ccn[nH]1. The number of amides is 1. The number of nitrogens with zero attached hydrogens (tertiary/aromatic N) is 1. The van der Waals surface area contributed by atoms with Crippen LogP contribution in [0.4, 0.5) is 0 Å². The molecule has 1 amide bonds. The first-order valence-electron chi connectivity index (χ1n) is 5.75. The average Bonchev–Trinajstić information content (AvgIpc) is 2.79. The summed E-state index contributed by atoms with van der Waals surface area (Å²) < 4.78 is 0.